The van der Waals surface area contributed by atoms with Crippen molar-refractivity contribution in [3.8, 4) is 0 Å². The van der Waals surface area contributed by atoms with Crippen LogP contribution < -0.4 is 5.32 Å². The summed E-state index contributed by atoms with van der Waals surface area (Å²) in [7, 11) is 0. The molecular formula is C14H17N3O4. The largest absolute Gasteiger partial charge is 0.478 e. The van der Waals surface area contributed by atoms with Crippen LogP contribution in [-0.2, 0) is 9.59 Å². The third-order valence-electron chi connectivity index (χ3n) is 3.59. The Morgan fingerprint density at radius 1 is 1.33 bits per heavy atom. The number of carboxylic acids is 1. The fourth-order valence-corrected chi connectivity index (χ4v) is 2.35. The Balaban J connectivity index is 2.00. The molecule has 0 spiro atoms. The van der Waals surface area contributed by atoms with Crippen molar-refractivity contribution in [3.05, 3.63) is 23.9 Å². The first kappa shape index (κ1) is 15.0. The molecule has 0 aliphatic carbocycles. The zero-order valence-corrected chi connectivity index (χ0v) is 11.7. The number of aromatic nitrogens is 1. The number of aromatic carboxylic acids is 1. The molecule has 0 bridgehead atoms. The van der Waals surface area contributed by atoms with Gasteiger partial charge in [-0.2, -0.15) is 0 Å². The monoisotopic (exact) mass is 291 g/mol. The third kappa shape index (κ3) is 3.56. The van der Waals surface area contributed by atoms with E-state index in [1.165, 1.54) is 25.3 Å². The highest BCUT2D eigenvalue weighted by molar-refractivity contribution is 5.99. The second kappa shape index (κ2) is 6.34. The Bertz CT molecular complexity index is 565. The summed E-state index contributed by atoms with van der Waals surface area (Å²) < 4.78 is 0. The first-order valence-corrected chi connectivity index (χ1v) is 6.73. The highest BCUT2D eigenvalue weighted by Crippen LogP contribution is 2.20. The molecule has 0 atom stereocenters. The van der Waals surface area contributed by atoms with E-state index >= 15 is 0 Å². The number of carbonyl (C=O) groups is 3. The van der Waals surface area contributed by atoms with Crippen molar-refractivity contribution in [1.82, 2.24) is 9.88 Å². The van der Waals surface area contributed by atoms with E-state index < -0.39 is 5.97 Å². The van der Waals surface area contributed by atoms with E-state index in [4.69, 9.17) is 5.11 Å². The van der Waals surface area contributed by atoms with Crippen molar-refractivity contribution in [3.63, 3.8) is 0 Å². The van der Waals surface area contributed by atoms with Gasteiger partial charge in [-0.15, -0.1) is 0 Å². The third-order valence-corrected chi connectivity index (χ3v) is 3.59. The molecule has 1 aromatic rings. The summed E-state index contributed by atoms with van der Waals surface area (Å²) in [6.45, 7) is 2.59. The van der Waals surface area contributed by atoms with E-state index in [-0.39, 0.29) is 29.1 Å². The number of carboxylic acid groups (broad SMARTS) is 1. The van der Waals surface area contributed by atoms with Crippen LogP contribution in [0.25, 0.3) is 0 Å². The van der Waals surface area contributed by atoms with Gasteiger partial charge in [0.1, 0.15) is 11.4 Å². The smallest absolute Gasteiger partial charge is 0.339 e. The van der Waals surface area contributed by atoms with Gasteiger partial charge in [0.15, 0.2) is 0 Å². The average molecular weight is 291 g/mol. The number of hydrogen-bond donors (Lipinski definition) is 2. The first-order valence-electron chi connectivity index (χ1n) is 6.73. The molecule has 1 aromatic heterocycles. The number of rotatable bonds is 3. The number of amides is 2. The quantitative estimate of drug-likeness (QED) is 0.864. The van der Waals surface area contributed by atoms with Gasteiger partial charge in [0.25, 0.3) is 0 Å². The summed E-state index contributed by atoms with van der Waals surface area (Å²) >= 11 is 0. The Hall–Kier alpha value is -2.44. The van der Waals surface area contributed by atoms with Crippen LogP contribution in [0, 0.1) is 5.92 Å². The summed E-state index contributed by atoms with van der Waals surface area (Å²) in [4.78, 5) is 40.1. The molecule has 2 N–H and O–H groups in total. The number of likely N-dealkylation sites (tertiary alicyclic amines) is 1. The molecule has 2 rings (SSSR count). The second-order valence-corrected chi connectivity index (χ2v) is 4.97. The lowest BCUT2D eigenvalue weighted by Crippen LogP contribution is -2.40. The van der Waals surface area contributed by atoms with Crippen LogP contribution in [0.5, 0.6) is 0 Å². The Morgan fingerprint density at radius 3 is 2.57 bits per heavy atom. The molecule has 112 valence electrons. The van der Waals surface area contributed by atoms with Crippen molar-refractivity contribution < 1.29 is 19.5 Å². The number of carbonyl (C=O) groups excluding carboxylic acids is 2. The molecule has 1 aliphatic rings. The van der Waals surface area contributed by atoms with Gasteiger partial charge in [-0.05, 0) is 25.0 Å². The molecule has 0 radical (unpaired) electrons. The molecule has 7 heteroatoms. The lowest BCUT2D eigenvalue weighted by molar-refractivity contribution is -0.132. The van der Waals surface area contributed by atoms with Crippen LogP contribution in [-0.4, -0.2) is 45.9 Å². The Labute approximate surface area is 122 Å². The molecule has 21 heavy (non-hydrogen) atoms. The average Bonchev–Trinajstić information content (AvgIpc) is 2.47. The molecule has 0 aromatic carbocycles. The summed E-state index contributed by atoms with van der Waals surface area (Å²) in [5, 5.41) is 11.6. The highest BCUT2D eigenvalue weighted by atomic mass is 16.4. The van der Waals surface area contributed by atoms with Crippen molar-refractivity contribution >= 4 is 23.6 Å². The van der Waals surface area contributed by atoms with Crippen LogP contribution in [0.2, 0.25) is 0 Å². The molecule has 7 nitrogen and oxygen atoms in total. The predicted octanol–water partition coefficient (Wildman–Crippen LogP) is 0.977. The number of hydrogen-bond acceptors (Lipinski definition) is 4. The molecule has 1 fully saturated rings. The Morgan fingerprint density at radius 2 is 2.00 bits per heavy atom. The predicted molar refractivity (Wildman–Crippen MR) is 74.8 cm³/mol. The highest BCUT2D eigenvalue weighted by Gasteiger charge is 2.27. The summed E-state index contributed by atoms with van der Waals surface area (Å²) in [6, 6.07) is 2.90. The van der Waals surface area contributed by atoms with Crippen LogP contribution >= 0.6 is 0 Å². The molecule has 2 amide bonds. The van der Waals surface area contributed by atoms with Crippen LogP contribution in [0.1, 0.15) is 30.1 Å². The second-order valence-electron chi connectivity index (χ2n) is 4.97. The SMILES string of the molecule is CC(=O)N1CCC(C(=O)Nc2ncccc2C(=O)O)CC1. The number of piperidine rings is 1. The van der Waals surface area contributed by atoms with E-state index in [1.54, 1.807) is 4.90 Å². The topological polar surface area (TPSA) is 99.6 Å². The minimum absolute atomic E-state index is 0.00625. The van der Waals surface area contributed by atoms with E-state index in [9.17, 15) is 14.4 Å². The minimum Gasteiger partial charge on any atom is -0.478 e. The maximum Gasteiger partial charge on any atom is 0.339 e. The van der Waals surface area contributed by atoms with Gasteiger partial charge in [0.2, 0.25) is 11.8 Å². The number of pyridine rings is 1. The van der Waals surface area contributed by atoms with Crippen molar-refractivity contribution in [2.24, 2.45) is 5.92 Å². The molecule has 0 unspecified atom stereocenters. The first-order chi connectivity index (χ1) is 9.99. The van der Waals surface area contributed by atoms with E-state index in [0.29, 0.717) is 25.9 Å². The fourth-order valence-electron chi connectivity index (χ4n) is 2.35. The zero-order valence-electron chi connectivity index (χ0n) is 11.7. The molecule has 1 aliphatic heterocycles. The number of anilines is 1. The van der Waals surface area contributed by atoms with Gasteiger partial charge in [0.05, 0.1) is 0 Å². The van der Waals surface area contributed by atoms with E-state index in [2.05, 4.69) is 10.3 Å². The van der Waals surface area contributed by atoms with Crippen molar-refractivity contribution in [2.75, 3.05) is 18.4 Å². The van der Waals surface area contributed by atoms with Gasteiger partial charge in [0, 0.05) is 32.1 Å². The van der Waals surface area contributed by atoms with Crippen LogP contribution in [0.15, 0.2) is 18.3 Å². The van der Waals surface area contributed by atoms with Gasteiger partial charge in [-0.3, -0.25) is 9.59 Å². The molecule has 1 saturated heterocycles. The van der Waals surface area contributed by atoms with Gasteiger partial charge in [-0.1, -0.05) is 0 Å². The number of nitrogens with one attached hydrogen (secondary N) is 1. The summed E-state index contributed by atoms with van der Waals surface area (Å²) in [6.07, 6.45) is 2.57. The lowest BCUT2D eigenvalue weighted by atomic mass is 9.96. The number of nitrogens with zero attached hydrogens (tertiary/aromatic N) is 2. The maximum atomic E-state index is 12.2. The van der Waals surface area contributed by atoms with Gasteiger partial charge >= 0.3 is 5.97 Å². The van der Waals surface area contributed by atoms with Crippen LogP contribution in [0.3, 0.4) is 0 Å². The maximum absolute atomic E-state index is 12.2. The molecular weight excluding hydrogens is 274 g/mol. The standard InChI is InChI=1S/C14H17N3O4/c1-9(18)17-7-4-10(5-8-17)13(19)16-12-11(14(20)21)3-2-6-15-12/h2-3,6,10H,4-5,7-8H2,1H3,(H,20,21)(H,15,16,19). The van der Waals surface area contributed by atoms with Gasteiger partial charge in [-0.25, -0.2) is 9.78 Å². The fraction of sp³-hybridized carbons (Fsp3) is 0.429. The van der Waals surface area contributed by atoms with Crippen molar-refractivity contribution in [1.29, 1.82) is 0 Å². The Kier molecular flexibility index (Phi) is 4.52. The van der Waals surface area contributed by atoms with Crippen molar-refractivity contribution in [2.45, 2.75) is 19.8 Å². The van der Waals surface area contributed by atoms with Crippen LogP contribution in [0.4, 0.5) is 5.82 Å². The summed E-state index contributed by atoms with van der Waals surface area (Å²) in [5.74, 6) is -1.55. The lowest BCUT2D eigenvalue weighted by Gasteiger charge is -2.30. The zero-order chi connectivity index (χ0) is 15.4. The normalized spacial score (nSPS) is 15.6. The van der Waals surface area contributed by atoms with Gasteiger partial charge < -0.3 is 15.3 Å². The summed E-state index contributed by atoms with van der Waals surface area (Å²) in [5.41, 5.74) is -0.0352. The minimum atomic E-state index is -1.13. The molecule has 0 saturated carbocycles. The van der Waals surface area contributed by atoms with E-state index in [0.717, 1.165) is 0 Å². The molecule has 2 heterocycles. The van der Waals surface area contributed by atoms with E-state index in [1.807, 2.05) is 0 Å².